The van der Waals surface area contributed by atoms with Crippen molar-refractivity contribution in [2.75, 3.05) is 44.3 Å². The Morgan fingerprint density at radius 3 is 2.44 bits per heavy atom. The van der Waals surface area contributed by atoms with Crippen LogP contribution in [0, 0.1) is 5.82 Å². The highest BCUT2D eigenvalue weighted by molar-refractivity contribution is 6.11. The second kappa shape index (κ2) is 14.1. The number of allylic oxidation sites excluding steroid dienone is 1. The molecule has 10 nitrogen and oxygen atoms in total. The molecule has 50 heavy (non-hydrogen) atoms. The van der Waals surface area contributed by atoms with Crippen LogP contribution in [0.25, 0.3) is 0 Å². The molecular formula is C39H43FN6O4. The van der Waals surface area contributed by atoms with Gasteiger partial charge >= 0.3 is 0 Å². The van der Waals surface area contributed by atoms with E-state index in [0.29, 0.717) is 54.4 Å². The molecule has 0 saturated carbocycles. The normalized spacial score (nSPS) is 19.5. The Bertz CT molecular complexity index is 1920. The first kappa shape index (κ1) is 33.5. The van der Waals surface area contributed by atoms with Crippen LogP contribution >= 0.6 is 0 Å². The number of benzene rings is 3. The van der Waals surface area contributed by atoms with Gasteiger partial charge in [0.2, 0.25) is 0 Å². The number of hydrogen-bond acceptors (Lipinski definition) is 7. The van der Waals surface area contributed by atoms with Gasteiger partial charge < -0.3 is 19.6 Å². The van der Waals surface area contributed by atoms with Crippen molar-refractivity contribution in [3.8, 4) is 5.75 Å². The van der Waals surface area contributed by atoms with Crippen molar-refractivity contribution in [2.24, 2.45) is 7.05 Å². The zero-order valence-electron chi connectivity index (χ0n) is 28.8. The van der Waals surface area contributed by atoms with Gasteiger partial charge in [-0.1, -0.05) is 24.3 Å². The van der Waals surface area contributed by atoms with E-state index in [2.05, 4.69) is 34.0 Å². The molecule has 0 spiro atoms. The summed E-state index contributed by atoms with van der Waals surface area (Å²) >= 11 is 0. The van der Waals surface area contributed by atoms with E-state index in [1.54, 1.807) is 59.4 Å². The molecule has 2 amide bonds. The average Bonchev–Trinajstić information content (AvgIpc) is 3.70. The summed E-state index contributed by atoms with van der Waals surface area (Å²) in [7, 11) is 1.79. The number of halogens is 1. The quantitative estimate of drug-likeness (QED) is 0.261. The smallest absolute Gasteiger partial charge is 0.260 e. The van der Waals surface area contributed by atoms with Crippen LogP contribution in [0.5, 0.6) is 5.75 Å². The van der Waals surface area contributed by atoms with Crippen molar-refractivity contribution in [3.63, 3.8) is 0 Å². The van der Waals surface area contributed by atoms with Gasteiger partial charge in [-0.25, -0.2) is 4.39 Å². The maximum atomic E-state index is 15.3. The molecule has 1 saturated heterocycles. The number of phenols is 1. The van der Waals surface area contributed by atoms with E-state index >= 15 is 4.39 Å². The second-order valence-corrected chi connectivity index (χ2v) is 13.4. The monoisotopic (exact) mass is 678 g/mol. The second-order valence-electron chi connectivity index (χ2n) is 13.4. The predicted molar refractivity (Wildman–Crippen MR) is 188 cm³/mol. The van der Waals surface area contributed by atoms with Gasteiger partial charge in [-0.3, -0.25) is 24.1 Å². The number of fused-ring (bicyclic) bond motifs is 1. The van der Waals surface area contributed by atoms with E-state index in [4.69, 9.17) is 4.74 Å². The lowest BCUT2D eigenvalue weighted by atomic mass is 9.91. The highest BCUT2D eigenvalue weighted by atomic mass is 19.1. The fourth-order valence-corrected chi connectivity index (χ4v) is 7.53. The lowest BCUT2D eigenvalue weighted by Gasteiger charge is -2.37. The number of ether oxygens (including phenoxy) is 1. The fraction of sp³-hybridized carbons (Fsp3) is 0.359. The van der Waals surface area contributed by atoms with Crippen molar-refractivity contribution in [2.45, 2.75) is 45.3 Å². The summed E-state index contributed by atoms with van der Waals surface area (Å²) in [5.74, 6) is -0.729. The number of rotatable bonds is 8. The first-order valence-electron chi connectivity index (χ1n) is 17.2. The summed E-state index contributed by atoms with van der Waals surface area (Å²) in [6.45, 7) is 8.71. The van der Waals surface area contributed by atoms with E-state index in [-0.39, 0.29) is 30.0 Å². The number of nitrogens with zero attached hydrogens (tertiary/aromatic N) is 6. The summed E-state index contributed by atoms with van der Waals surface area (Å²) < 4.78 is 22.5. The van der Waals surface area contributed by atoms with Crippen LogP contribution in [0.1, 0.15) is 53.4 Å². The van der Waals surface area contributed by atoms with Crippen molar-refractivity contribution in [3.05, 3.63) is 118 Å². The first-order chi connectivity index (χ1) is 24.2. The number of aromatic hydroxyl groups is 1. The molecule has 2 atom stereocenters. The first-order valence-corrected chi connectivity index (χ1v) is 17.2. The molecule has 1 fully saturated rings. The molecule has 3 aromatic carbocycles. The maximum Gasteiger partial charge on any atom is 0.260 e. The van der Waals surface area contributed by atoms with Crippen LogP contribution in [0.2, 0.25) is 0 Å². The largest absolute Gasteiger partial charge is 0.508 e. The topological polar surface area (TPSA) is 94.4 Å². The number of anilines is 2. The number of carbonyl (C=O) groups is 2. The van der Waals surface area contributed by atoms with Gasteiger partial charge in [-0.05, 0) is 79.4 Å². The molecule has 0 aliphatic carbocycles. The van der Waals surface area contributed by atoms with E-state index in [1.807, 2.05) is 24.0 Å². The van der Waals surface area contributed by atoms with Crippen molar-refractivity contribution in [1.82, 2.24) is 24.5 Å². The number of aromatic nitrogens is 2. The molecule has 0 radical (unpaired) electrons. The molecule has 1 aromatic heterocycles. The molecule has 260 valence electrons. The Morgan fingerprint density at radius 1 is 0.980 bits per heavy atom. The highest BCUT2D eigenvalue weighted by Crippen LogP contribution is 2.43. The minimum Gasteiger partial charge on any atom is -0.508 e. The lowest BCUT2D eigenvalue weighted by molar-refractivity contribution is -0.114. The molecule has 1 N–H and O–H groups in total. The van der Waals surface area contributed by atoms with Crippen LogP contribution in [-0.4, -0.2) is 86.8 Å². The summed E-state index contributed by atoms with van der Waals surface area (Å²) in [6, 6.07) is 18.6. The number of phenolic OH excluding ortho intramolecular Hbond substituents is 1. The van der Waals surface area contributed by atoms with Crippen molar-refractivity contribution < 1.29 is 23.8 Å². The molecule has 4 heterocycles. The molecule has 4 aromatic rings. The summed E-state index contributed by atoms with van der Waals surface area (Å²) in [6.07, 6.45) is 4.42. The molecule has 11 heteroatoms. The van der Waals surface area contributed by atoms with E-state index in [1.165, 1.54) is 17.7 Å². The minimum absolute atomic E-state index is 0.0355. The van der Waals surface area contributed by atoms with Crippen LogP contribution in [0.3, 0.4) is 0 Å². The van der Waals surface area contributed by atoms with E-state index in [0.717, 1.165) is 37.3 Å². The standard InChI is InChI=1S/C39H43FN6O4/c1-26-20-28-6-4-5-7-29(28)24-45(26)38(48)34-13-8-30(40)21-36(34)37-22-35(27(2)44(37)15-14-43-16-18-50-19-17-43)39(49)46(32-23-41-42(3)25-32)31-9-11-33(47)12-10-31/h4-13,21,23,25-26,37,47H,14-20,22,24H2,1-3H3/t26-,37?/m1/s1. The Labute approximate surface area is 292 Å². The summed E-state index contributed by atoms with van der Waals surface area (Å²) in [5, 5.41) is 14.3. The summed E-state index contributed by atoms with van der Waals surface area (Å²) in [4.78, 5) is 37.2. The van der Waals surface area contributed by atoms with E-state index < -0.39 is 11.9 Å². The van der Waals surface area contributed by atoms with Crippen molar-refractivity contribution in [1.29, 1.82) is 0 Å². The molecule has 3 aliphatic rings. The molecule has 3 aliphatic heterocycles. The third kappa shape index (κ3) is 6.63. The van der Waals surface area contributed by atoms with Gasteiger partial charge in [-0.15, -0.1) is 0 Å². The van der Waals surface area contributed by atoms with Gasteiger partial charge in [0.1, 0.15) is 11.6 Å². The minimum atomic E-state index is -0.451. The van der Waals surface area contributed by atoms with Gasteiger partial charge in [0.05, 0.1) is 31.1 Å². The molecular weight excluding hydrogens is 635 g/mol. The molecule has 1 unspecified atom stereocenters. The number of carbonyl (C=O) groups excluding carboxylic acids is 2. The van der Waals surface area contributed by atoms with E-state index in [9.17, 15) is 14.7 Å². The van der Waals surface area contributed by atoms with Gasteiger partial charge in [0, 0.05) is 81.0 Å². The number of morpholine rings is 1. The fourth-order valence-electron chi connectivity index (χ4n) is 7.53. The van der Waals surface area contributed by atoms with Crippen LogP contribution in [-0.2, 0) is 29.5 Å². The van der Waals surface area contributed by atoms with Crippen molar-refractivity contribution >= 4 is 23.2 Å². The number of aryl methyl sites for hydroxylation is 1. The Hall–Kier alpha value is -5.00. The molecule has 7 rings (SSSR count). The van der Waals surface area contributed by atoms with Crippen LogP contribution in [0.15, 0.2) is 90.4 Å². The molecule has 0 bridgehead atoms. The zero-order valence-corrected chi connectivity index (χ0v) is 28.8. The maximum absolute atomic E-state index is 15.3. The lowest BCUT2D eigenvalue weighted by Crippen LogP contribution is -2.43. The SMILES string of the molecule is CC1=C(C(=O)N(c2ccc(O)cc2)c2cnn(C)c2)CC(c2cc(F)ccc2C(=O)N2Cc3ccccc3C[C@H]2C)N1CCN1CCOCC1. The Morgan fingerprint density at radius 2 is 1.72 bits per heavy atom. The third-order valence-corrected chi connectivity index (χ3v) is 10.3. The highest BCUT2D eigenvalue weighted by Gasteiger charge is 2.39. The number of amides is 2. The van der Waals surface area contributed by atoms with Gasteiger partial charge in [0.25, 0.3) is 11.8 Å². The Balaban J connectivity index is 1.26. The third-order valence-electron chi connectivity index (χ3n) is 10.3. The average molecular weight is 679 g/mol. The van der Waals surface area contributed by atoms with Crippen LogP contribution < -0.4 is 4.90 Å². The van der Waals surface area contributed by atoms with Crippen LogP contribution in [0.4, 0.5) is 15.8 Å². The number of hydrogen-bond donors (Lipinski definition) is 1. The Kier molecular flexibility index (Phi) is 9.44. The summed E-state index contributed by atoms with van der Waals surface area (Å²) in [5.41, 5.74) is 5.87. The predicted octanol–water partition coefficient (Wildman–Crippen LogP) is 5.57. The zero-order chi connectivity index (χ0) is 34.9. The van der Waals surface area contributed by atoms with Gasteiger partial charge in [-0.2, -0.15) is 5.10 Å². The van der Waals surface area contributed by atoms with Gasteiger partial charge in [0.15, 0.2) is 0 Å².